The third-order valence-electron chi connectivity index (χ3n) is 3.76. The number of hydrogen-bond acceptors (Lipinski definition) is 1. The fraction of sp³-hybridized carbons (Fsp3) is 1.00. The Balaban J connectivity index is 1.85. The molecule has 1 aliphatic heterocycles. The van der Waals surface area contributed by atoms with E-state index in [-0.39, 0.29) is 6.42 Å². The smallest absolute Gasteiger partial charge is 0.255 e. The van der Waals surface area contributed by atoms with Gasteiger partial charge in [0.1, 0.15) is 0 Å². The molecule has 0 amide bonds. The van der Waals surface area contributed by atoms with Crippen LogP contribution in [-0.2, 0) is 0 Å². The van der Waals surface area contributed by atoms with Crippen molar-refractivity contribution in [1.82, 2.24) is 4.90 Å². The minimum absolute atomic E-state index is 0.0576. The highest BCUT2D eigenvalue weighted by Gasteiger charge is 2.67. The highest BCUT2D eigenvalue weighted by atomic mass is 35.5. The van der Waals surface area contributed by atoms with Crippen LogP contribution in [-0.4, -0.2) is 36.3 Å². The first kappa shape index (κ1) is 11.6. The van der Waals surface area contributed by atoms with Crippen molar-refractivity contribution in [2.24, 2.45) is 11.3 Å². The molecule has 2 unspecified atom stereocenters. The van der Waals surface area contributed by atoms with E-state index in [4.69, 9.17) is 11.6 Å². The van der Waals surface area contributed by atoms with Gasteiger partial charge in [0.05, 0.1) is 0 Å². The Bertz CT molecular complexity index is 247. The normalized spacial score (nSPS) is 40.4. The van der Waals surface area contributed by atoms with E-state index in [9.17, 15) is 8.78 Å². The maximum absolute atomic E-state index is 13.1. The van der Waals surface area contributed by atoms with Gasteiger partial charge in [-0.05, 0) is 25.3 Å². The van der Waals surface area contributed by atoms with E-state index in [1.54, 1.807) is 6.92 Å². The Kier molecular flexibility index (Phi) is 2.97. The number of piperidine rings is 1. The van der Waals surface area contributed by atoms with Gasteiger partial charge in [0.15, 0.2) is 0 Å². The van der Waals surface area contributed by atoms with Crippen molar-refractivity contribution in [2.75, 3.05) is 25.5 Å². The summed E-state index contributed by atoms with van der Waals surface area (Å²) in [4.78, 5) is 2.16. The van der Waals surface area contributed by atoms with Crippen molar-refractivity contribution < 1.29 is 8.78 Å². The van der Waals surface area contributed by atoms with Gasteiger partial charge in [0, 0.05) is 30.8 Å². The van der Waals surface area contributed by atoms with E-state index in [0.29, 0.717) is 18.3 Å². The molecule has 2 rings (SSSR count). The monoisotopic (exact) mass is 237 g/mol. The summed E-state index contributed by atoms with van der Waals surface area (Å²) in [6.45, 7) is 4.08. The molecular weight excluding hydrogens is 220 g/mol. The molecular formula is C11H18ClF2N. The molecule has 4 heteroatoms. The molecule has 0 radical (unpaired) electrons. The van der Waals surface area contributed by atoms with Gasteiger partial charge in [-0.15, -0.1) is 11.6 Å². The largest absolute Gasteiger partial charge is 0.302 e. The second-order valence-corrected chi connectivity index (χ2v) is 5.65. The molecule has 0 bridgehead atoms. The summed E-state index contributed by atoms with van der Waals surface area (Å²) >= 11 is 5.81. The van der Waals surface area contributed by atoms with Crippen LogP contribution in [0.4, 0.5) is 8.78 Å². The zero-order chi connectivity index (χ0) is 11.1. The molecule has 0 aromatic carbocycles. The van der Waals surface area contributed by atoms with E-state index < -0.39 is 11.3 Å². The highest BCUT2D eigenvalue weighted by molar-refractivity contribution is 6.18. The van der Waals surface area contributed by atoms with Crippen molar-refractivity contribution in [3.05, 3.63) is 0 Å². The van der Waals surface area contributed by atoms with Crippen molar-refractivity contribution in [2.45, 2.75) is 32.1 Å². The summed E-state index contributed by atoms with van der Waals surface area (Å²) in [7, 11) is 0. The number of nitrogens with zero attached hydrogens (tertiary/aromatic N) is 1. The van der Waals surface area contributed by atoms with Gasteiger partial charge in [-0.1, -0.05) is 6.92 Å². The van der Waals surface area contributed by atoms with Crippen LogP contribution >= 0.6 is 11.6 Å². The number of rotatable bonds is 3. The molecule has 88 valence electrons. The zero-order valence-corrected chi connectivity index (χ0v) is 9.86. The lowest BCUT2D eigenvalue weighted by Gasteiger charge is -2.33. The number of alkyl halides is 3. The molecule has 0 aromatic rings. The molecule has 1 saturated carbocycles. The third kappa shape index (κ3) is 2.28. The first-order valence-corrected chi connectivity index (χ1v) is 6.16. The summed E-state index contributed by atoms with van der Waals surface area (Å²) in [6, 6.07) is 0. The van der Waals surface area contributed by atoms with Gasteiger partial charge in [0.25, 0.3) is 5.92 Å². The van der Waals surface area contributed by atoms with Crippen LogP contribution in [0, 0.1) is 11.3 Å². The summed E-state index contributed by atoms with van der Waals surface area (Å²) in [5.74, 6) is -1.28. The number of likely N-dealkylation sites (tertiary alicyclic amines) is 1. The SMILES string of the molecule is CC1(CN2CCCC(CCl)C2)CC1(F)F. The second-order valence-electron chi connectivity index (χ2n) is 5.34. The first-order chi connectivity index (χ1) is 6.97. The fourth-order valence-corrected chi connectivity index (χ4v) is 2.78. The van der Waals surface area contributed by atoms with Gasteiger partial charge < -0.3 is 4.90 Å². The van der Waals surface area contributed by atoms with Crippen LogP contribution in [0.1, 0.15) is 26.2 Å². The molecule has 2 fully saturated rings. The van der Waals surface area contributed by atoms with Gasteiger partial charge in [-0.25, -0.2) is 8.78 Å². The standard InChI is InChI=1S/C11H18ClF2N/c1-10(7-11(10,13)14)8-15-4-2-3-9(5-12)6-15/h9H,2-8H2,1H3. The average molecular weight is 238 g/mol. The number of hydrogen-bond donors (Lipinski definition) is 0. The van der Waals surface area contributed by atoms with Crippen LogP contribution in [0.2, 0.25) is 0 Å². The summed E-state index contributed by atoms with van der Waals surface area (Å²) in [5, 5.41) is 0. The van der Waals surface area contributed by atoms with Crippen LogP contribution in [0.3, 0.4) is 0 Å². The summed E-state index contributed by atoms with van der Waals surface area (Å²) < 4.78 is 26.1. The molecule has 0 N–H and O–H groups in total. The lowest BCUT2D eigenvalue weighted by molar-refractivity contribution is 0.0455. The number of halogens is 3. The van der Waals surface area contributed by atoms with Crippen molar-refractivity contribution in [3.8, 4) is 0 Å². The van der Waals surface area contributed by atoms with Crippen molar-refractivity contribution >= 4 is 11.6 Å². The molecule has 2 aliphatic rings. The van der Waals surface area contributed by atoms with E-state index in [2.05, 4.69) is 4.90 Å². The van der Waals surface area contributed by atoms with Crippen LogP contribution < -0.4 is 0 Å². The molecule has 2 atom stereocenters. The van der Waals surface area contributed by atoms with Crippen LogP contribution in [0.15, 0.2) is 0 Å². The van der Waals surface area contributed by atoms with E-state index >= 15 is 0 Å². The minimum atomic E-state index is -2.43. The van der Waals surface area contributed by atoms with Crippen LogP contribution in [0.25, 0.3) is 0 Å². The lowest BCUT2D eigenvalue weighted by Crippen LogP contribution is -2.40. The van der Waals surface area contributed by atoms with E-state index in [1.807, 2.05) is 0 Å². The first-order valence-electron chi connectivity index (χ1n) is 5.63. The summed E-state index contributed by atoms with van der Waals surface area (Å²) in [5.41, 5.74) is -0.763. The van der Waals surface area contributed by atoms with Gasteiger partial charge >= 0.3 is 0 Å². The Morgan fingerprint density at radius 2 is 2.13 bits per heavy atom. The maximum atomic E-state index is 13.1. The van der Waals surface area contributed by atoms with Crippen molar-refractivity contribution in [1.29, 1.82) is 0 Å². The van der Waals surface area contributed by atoms with E-state index in [1.165, 1.54) is 0 Å². The Hall–Kier alpha value is 0.110. The lowest BCUT2D eigenvalue weighted by atomic mass is 9.98. The molecule has 0 spiro atoms. The Labute approximate surface area is 94.8 Å². The fourth-order valence-electron chi connectivity index (χ4n) is 2.53. The molecule has 1 saturated heterocycles. The van der Waals surface area contributed by atoms with Gasteiger partial charge in [-0.3, -0.25) is 0 Å². The Morgan fingerprint density at radius 3 is 2.67 bits per heavy atom. The summed E-state index contributed by atoms with van der Waals surface area (Å²) in [6.07, 6.45) is 2.30. The van der Waals surface area contributed by atoms with Crippen LogP contribution in [0.5, 0.6) is 0 Å². The Morgan fingerprint density at radius 1 is 1.47 bits per heavy atom. The third-order valence-corrected chi connectivity index (χ3v) is 4.20. The maximum Gasteiger partial charge on any atom is 0.255 e. The molecule has 1 aliphatic carbocycles. The molecule has 15 heavy (non-hydrogen) atoms. The van der Waals surface area contributed by atoms with Gasteiger partial charge in [0.2, 0.25) is 0 Å². The highest BCUT2D eigenvalue weighted by Crippen LogP contribution is 2.60. The minimum Gasteiger partial charge on any atom is -0.302 e. The molecule has 1 heterocycles. The predicted octanol–water partition coefficient (Wildman–Crippen LogP) is 2.98. The topological polar surface area (TPSA) is 3.24 Å². The second kappa shape index (κ2) is 3.85. The average Bonchev–Trinajstić information content (AvgIpc) is 2.65. The van der Waals surface area contributed by atoms with E-state index in [0.717, 1.165) is 25.9 Å². The van der Waals surface area contributed by atoms with Gasteiger partial charge in [-0.2, -0.15) is 0 Å². The predicted molar refractivity (Wildman–Crippen MR) is 57.6 cm³/mol. The zero-order valence-electron chi connectivity index (χ0n) is 9.11. The molecule has 1 nitrogen and oxygen atoms in total. The molecule has 0 aromatic heterocycles. The quantitative estimate of drug-likeness (QED) is 0.683. The van der Waals surface area contributed by atoms with Crippen molar-refractivity contribution in [3.63, 3.8) is 0 Å².